The second kappa shape index (κ2) is 7.83. The monoisotopic (exact) mass is 328 g/mol. The predicted octanol–water partition coefficient (Wildman–Crippen LogP) is 3.97. The van der Waals surface area contributed by atoms with Gasteiger partial charge in [0.05, 0.1) is 18.4 Å². The molecule has 2 N–H and O–H groups in total. The summed E-state index contributed by atoms with van der Waals surface area (Å²) in [5.41, 5.74) is 10.7. The largest absolute Gasteiger partial charge is 0.465 e. The molecule has 0 saturated carbocycles. The van der Waals surface area contributed by atoms with Crippen LogP contribution in [0.15, 0.2) is 47.5 Å². The lowest BCUT2D eigenvalue weighted by Crippen LogP contribution is -2.07. The molecule has 0 aliphatic rings. The summed E-state index contributed by atoms with van der Waals surface area (Å²) in [5, 5.41) is 0.505. The Hall–Kier alpha value is -2.27. The first-order chi connectivity index (χ1) is 11.0. The van der Waals surface area contributed by atoms with Crippen LogP contribution >= 0.6 is 11.8 Å². The summed E-state index contributed by atoms with van der Waals surface area (Å²) in [4.78, 5) is 16.1. The molecule has 0 fully saturated rings. The molecule has 0 saturated heterocycles. The number of carbonyl (C=O) groups is 1. The number of aliphatic imine (C=N–C) groups is 1. The minimum absolute atomic E-state index is 0.339. The molecule has 2 aromatic rings. The van der Waals surface area contributed by atoms with Gasteiger partial charge in [0, 0.05) is 5.75 Å². The van der Waals surface area contributed by atoms with Gasteiger partial charge in [-0.3, -0.25) is 0 Å². The van der Waals surface area contributed by atoms with Crippen LogP contribution in [0.1, 0.15) is 27.0 Å². The van der Waals surface area contributed by atoms with Crippen molar-refractivity contribution in [2.24, 2.45) is 10.7 Å². The first-order valence-electron chi connectivity index (χ1n) is 7.21. The molecule has 2 aromatic carbocycles. The molecule has 0 amide bonds. The molecule has 0 aliphatic heterocycles. The van der Waals surface area contributed by atoms with E-state index in [-0.39, 0.29) is 5.97 Å². The lowest BCUT2D eigenvalue weighted by Gasteiger charge is -2.07. The molecule has 0 aliphatic carbocycles. The normalized spacial score (nSPS) is 11.3. The van der Waals surface area contributed by atoms with Gasteiger partial charge >= 0.3 is 5.97 Å². The molecule has 2 rings (SSSR count). The number of para-hydroxylation sites is 1. The van der Waals surface area contributed by atoms with Crippen molar-refractivity contribution in [3.8, 4) is 0 Å². The van der Waals surface area contributed by atoms with E-state index in [1.165, 1.54) is 18.9 Å². The Kier molecular flexibility index (Phi) is 5.82. The zero-order valence-corrected chi connectivity index (χ0v) is 14.3. The van der Waals surface area contributed by atoms with E-state index in [0.717, 1.165) is 22.4 Å². The van der Waals surface area contributed by atoms with E-state index in [2.05, 4.69) is 4.99 Å². The Morgan fingerprint density at radius 1 is 1.17 bits per heavy atom. The Bertz CT molecular complexity index is 721. The van der Waals surface area contributed by atoms with Gasteiger partial charge in [-0.25, -0.2) is 9.79 Å². The molecule has 0 heterocycles. The number of rotatable bonds is 4. The third kappa shape index (κ3) is 4.60. The third-order valence-corrected chi connectivity index (χ3v) is 4.26. The minimum atomic E-state index is -0.339. The zero-order valence-electron chi connectivity index (χ0n) is 13.5. The lowest BCUT2D eigenvalue weighted by molar-refractivity contribution is 0.0600. The first-order valence-corrected chi connectivity index (χ1v) is 8.20. The van der Waals surface area contributed by atoms with E-state index in [9.17, 15) is 4.79 Å². The van der Waals surface area contributed by atoms with Crippen molar-refractivity contribution in [2.75, 3.05) is 7.11 Å². The number of nitrogens with zero attached hydrogens (tertiary/aromatic N) is 1. The number of thioether (sulfide) groups is 1. The molecular formula is C18H20N2O2S. The van der Waals surface area contributed by atoms with E-state index < -0.39 is 0 Å². The standard InChI is InChI=1S/C18H20N2O2S/c1-12-6-4-7-13(2)16(12)20-18(19)23-11-14-8-5-9-15(10-14)17(21)22-3/h4-10H,11H2,1-3H3,(H2,19,20). The van der Waals surface area contributed by atoms with Crippen LogP contribution in [0.3, 0.4) is 0 Å². The first kappa shape index (κ1) is 17.1. The van der Waals surface area contributed by atoms with Gasteiger partial charge in [0.25, 0.3) is 0 Å². The summed E-state index contributed by atoms with van der Waals surface area (Å²) in [6.45, 7) is 4.03. The van der Waals surface area contributed by atoms with Gasteiger partial charge in [-0.2, -0.15) is 0 Å². The predicted molar refractivity (Wildman–Crippen MR) is 96.3 cm³/mol. The highest BCUT2D eigenvalue weighted by Crippen LogP contribution is 2.24. The number of methoxy groups -OCH3 is 1. The number of hydrogen-bond donors (Lipinski definition) is 1. The fraction of sp³-hybridized carbons (Fsp3) is 0.222. The molecule has 0 bridgehead atoms. The highest BCUT2D eigenvalue weighted by atomic mass is 32.2. The van der Waals surface area contributed by atoms with Crippen molar-refractivity contribution in [3.05, 3.63) is 64.7 Å². The van der Waals surface area contributed by atoms with Gasteiger partial charge in [0.1, 0.15) is 0 Å². The second-order valence-corrected chi connectivity index (χ2v) is 6.17. The fourth-order valence-electron chi connectivity index (χ4n) is 2.19. The van der Waals surface area contributed by atoms with Crippen LogP contribution in [-0.2, 0) is 10.5 Å². The smallest absolute Gasteiger partial charge is 0.337 e. The Morgan fingerprint density at radius 3 is 2.48 bits per heavy atom. The molecule has 0 aromatic heterocycles. The highest BCUT2D eigenvalue weighted by Gasteiger charge is 2.07. The minimum Gasteiger partial charge on any atom is -0.465 e. The van der Waals surface area contributed by atoms with Gasteiger partial charge in [-0.1, -0.05) is 42.1 Å². The number of nitrogens with two attached hydrogens (primary N) is 1. The Balaban J connectivity index is 2.09. The van der Waals surface area contributed by atoms with Crippen LogP contribution < -0.4 is 5.73 Å². The van der Waals surface area contributed by atoms with Crippen LogP contribution in [0, 0.1) is 13.8 Å². The number of benzene rings is 2. The van der Waals surface area contributed by atoms with Crippen LogP contribution in [-0.4, -0.2) is 18.2 Å². The average molecular weight is 328 g/mol. The number of hydrogen-bond acceptors (Lipinski definition) is 4. The van der Waals surface area contributed by atoms with Crippen molar-refractivity contribution in [1.29, 1.82) is 0 Å². The molecule has 4 nitrogen and oxygen atoms in total. The highest BCUT2D eigenvalue weighted by molar-refractivity contribution is 8.13. The quantitative estimate of drug-likeness (QED) is 0.524. The molecular weight excluding hydrogens is 308 g/mol. The second-order valence-electron chi connectivity index (χ2n) is 5.17. The number of carbonyl (C=O) groups excluding carboxylic acids is 1. The number of esters is 1. The summed E-state index contributed by atoms with van der Waals surface area (Å²) >= 11 is 1.45. The summed E-state index contributed by atoms with van der Waals surface area (Å²) in [5.74, 6) is 0.305. The van der Waals surface area contributed by atoms with Gasteiger partial charge in [0.2, 0.25) is 0 Å². The van der Waals surface area contributed by atoms with E-state index in [0.29, 0.717) is 16.5 Å². The summed E-state index contributed by atoms with van der Waals surface area (Å²) in [6.07, 6.45) is 0. The van der Waals surface area contributed by atoms with Crippen molar-refractivity contribution in [3.63, 3.8) is 0 Å². The van der Waals surface area contributed by atoms with E-state index in [1.54, 1.807) is 6.07 Å². The zero-order chi connectivity index (χ0) is 16.8. The van der Waals surface area contributed by atoms with Crippen molar-refractivity contribution < 1.29 is 9.53 Å². The van der Waals surface area contributed by atoms with Gasteiger partial charge in [-0.05, 0) is 42.7 Å². The molecule has 5 heteroatoms. The van der Waals surface area contributed by atoms with Crippen LogP contribution in [0.25, 0.3) is 0 Å². The van der Waals surface area contributed by atoms with E-state index >= 15 is 0 Å². The van der Waals surface area contributed by atoms with Crippen LogP contribution in [0.2, 0.25) is 0 Å². The van der Waals surface area contributed by atoms with Crippen LogP contribution in [0.4, 0.5) is 5.69 Å². The number of aryl methyl sites for hydroxylation is 2. The lowest BCUT2D eigenvalue weighted by atomic mass is 10.1. The van der Waals surface area contributed by atoms with Gasteiger partial charge in [-0.15, -0.1) is 0 Å². The summed E-state index contributed by atoms with van der Waals surface area (Å²) < 4.78 is 4.73. The van der Waals surface area contributed by atoms with Gasteiger partial charge in [0.15, 0.2) is 5.17 Å². The third-order valence-electron chi connectivity index (χ3n) is 3.40. The number of ether oxygens (including phenoxy) is 1. The molecule has 0 spiro atoms. The van der Waals surface area contributed by atoms with Crippen molar-refractivity contribution >= 4 is 28.6 Å². The Morgan fingerprint density at radius 2 is 1.83 bits per heavy atom. The topological polar surface area (TPSA) is 64.7 Å². The summed E-state index contributed by atoms with van der Waals surface area (Å²) in [6, 6.07) is 13.4. The molecule has 120 valence electrons. The Labute approximate surface area is 140 Å². The van der Waals surface area contributed by atoms with Gasteiger partial charge < -0.3 is 10.5 Å². The number of amidine groups is 1. The summed E-state index contributed by atoms with van der Waals surface area (Å²) in [7, 11) is 1.37. The maximum atomic E-state index is 11.5. The SMILES string of the molecule is COC(=O)c1cccc(CSC(N)=Nc2c(C)cccc2C)c1. The van der Waals surface area contributed by atoms with Crippen molar-refractivity contribution in [1.82, 2.24) is 0 Å². The molecule has 0 radical (unpaired) electrons. The van der Waals surface area contributed by atoms with Crippen LogP contribution in [0.5, 0.6) is 0 Å². The van der Waals surface area contributed by atoms with Crippen molar-refractivity contribution in [2.45, 2.75) is 19.6 Å². The fourth-order valence-corrected chi connectivity index (χ4v) is 2.84. The molecule has 23 heavy (non-hydrogen) atoms. The molecule has 0 unspecified atom stereocenters. The van der Waals surface area contributed by atoms with E-state index in [4.69, 9.17) is 10.5 Å². The molecule has 0 atom stereocenters. The maximum absolute atomic E-state index is 11.5. The van der Waals surface area contributed by atoms with E-state index in [1.807, 2.05) is 50.2 Å². The average Bonchev–Trinajstić information content (AvgIpc) is 2.56. The maximum Gasteiger partial charge on any atom is 0.337 e.